The Labute approximate surface area is 116 Å². The SMILES string of the molecule is CCC1CCC(CBr)(OCCCC(C)C)CC1. The lowest BCUT2D eigenvalue weighted by atomic mass is 9.78. The highest BCUT2D eigenvalue weighted by molar-refractivity contribution is 9.09. The Kier molecular flexibility index (Phi) is 7.10. The summed E-state index contributed by atoms with van der Waals surface area (Å²) in [6.07, 6.45) is 9.04. The van der Waals surface area contributed by atoms with Crippen LogP contribution in [0.25, 0.3) is 0 Å². The van der Waals surface area contributed by atoms with E-state index in [1.807, 2.05) is 0 Å². The number of hydrogen-bond acceptors (Lipinski definition) is 1. The molecule has 0 aromatic carbocycles. The lowest BCUT2D eigenvalue weighted by Gasteiger charge is -2.39. The van der Waals surface area contributed by atoms with Crippen LogP contribution < -0.4 is 0 Å². The van der Waals surface area contributed by atoms with Crippen LogP contribution in [0.15, 0.2) is 0 Å². The van der Waals surface area contributed by atoms with E-state index in [9.17, 15) is 0 Å². The smallest absolute Gasteiger partial charge is 0.0779 e. The lowest BCUT2D eigenvalue weighted by molar-refractivity contribution is -0.0619. The highest BCUT2D eigenvalue weighted by Gasteiger charge is 2.34. The van der Waals surface area contributed by atoms with E-state index in [0.29, 0.717) is 0 Å². The van der Waals surface area contributed by atoms with Crippen molar-refractivity contribution in [1.82, 2.24) is 0 Å². The Hall–Kier alpha value is 0.440. The molecule has 0 saturated heterocycles. The lowest BCUT2D eigenvalue weighted by Crippen LogP contribution is -2.39. The van der Waals surface area contributed by atoms with Gasteiger partial charge in [0.05, 0.1) is 5.60 Å². The van der Waals surface area contributed by atoms with Gasteiger partial charge in [0.15, 0.2) is 0 Å². The molecule has 0 aromatic heterocycles. The highest BCUT2D eigenvalue weighted by Crippen LogP contribution is 2.37. The van der Waals surface area contributed by atoms with Gasteiger partial charge in [-0.1, -0.05) is 43.1 Å². The molecule has 0 spiro atoms. The fourth-order valence-corrected chi connectivity index (χ4v) is 3.43. The van der Waals surface area contributed by atoms with Crippen molar-refractivity contribution >= 4 is 15.9 Å². The van der Waals surface area contributed by atoms with Crippen LogP contribution in [0.4, 0.5) is 0 Å². The van der Waals surface area contributed by atoms with E-state index in [2.05, 4.69) is 36.7 Å². The Bertz CT molecular complexity index is 195. The van der Waals surface area contributed by atoms with Crippen molar-refractivity contribution in [3.63, 3.8) is 0 Å². The minimum absolute atomic E-state index is 0.155. The van der Waals surface area contributed by atoms with Crippen LogP contribution in [0.2, 0.25) is 0 Å². The second-order valence-electron chi connectivity index (χ2n) is 6.05. The summed E-state index contributed by atoms with van der Waals surface area (Å²) in [5.74, 6) is 1.75. The number of hydrogen-bond donors (Lipinski definition) is 0. The van der Waals surface area contributed by atoms with Crippen LogP contribution >= 0.6 is 15.9 Å². The summed E-state index contributed by atoms with van der Waals surface area (Å²) in [6, 6.07) is 0. The molecule has 0 amide bonds. The molecule has 102 valence electrons. The number of rotatable bonds is 7. The van der Waals surface area contributed by atoms with Crippen LogP contribution in [0.3, 0.4) is 0 Å². The fourth-order valence-electron chi connectivity index (χ4n) is 2.71. The van der Waals surface area contributed by atoms with Gasteiger partial charge in [0.25, 0.3) is 0 Å². The molecule has 0 bridgehead atoms. The van der Waals surface area contributed by atoms with Gasteiger partial charge in [-0.05, 0) is 50.4 Å². The topological polar surface area (TPSA) is 9.23 Å². The van der Waals surface area contributed by atoms with Crippen LogP contribution in [0.5, 0.6) is 0 Å². The average Bonchev–Trinajstić information content (AvgIpc) is 2.35. The average molecular weight is 305 g/mol. The van der Waals surface area contributed by atoms with E-state index in [1.165, 1.54) is 44.9 Å². The minimum atomic E-state index is 0.155. The second kappa shape index (κ2) is 7.78. The summed E-state index contributed by atoms with van der Waals surface area (Å²) in [6.45, 7) is 7.83. The summed E-state index contributed by atoms with van der Waals surface area (Å²) in [4.78, 5) is 0. The fraction of sp³-hybridized carbons (Fsp3) is 1.00. The summed E-state index contributed by atoms with van der Waals surface area (Å²) in [7, 11) is 0. The van der Waals surface area contributed by atoms with Crippen LogP contribution in [0.1, 0.15) is 65.7 Å². The number of alkyl halides is 1. The van der Waals surface area contributed by atoms with E-state index in [1.54, 1.807) is 0 Å². The van der Waals surface area contributed by atoms with Crippen LogP contribution in [0, 0.1) is 11.8 Å². The highest BCUT2D eigenvalue weighted by atomic mass is 79.9. The zero-order chi connectivity index (χ0) is 12.7. The second-order valence-corrected chi connectivity index (χ2v) is 6.61. The van der Waals surface area contributed by atoms with Gasteiger partial charge in [-0.25, -0.2) is 0 Å². The minimum Gasteiger partial charge on any atom is -0.374 e. The molecule has 0 heterocycles. The molecule has 0 aromatic rings. The van der Waals surface area contributed by atoms with E-state index in [4.69, 9.17) is 4.74 Å². The maximum atomic E-state index is 6.22. The Morgan fingerprint density at radius 3 is 2.41 bits per heavy atom. The van der Waals surface area contributed by atoms with Gasteiger partial charge in [0.2, 0.25) is 0 Å². The Morgan fingerprint density at radius 2 is 1.94 bits per heavy atom. The molecule has 0 radical (unpaired) electrons. The van der Waals surface area contributed by atoms with E-state index < -0.39 is 0 Å². The molecule has 0 unspecified atom stereocenters. The first-order valence-electron chi connectivity index (χ1n) is 7.32. The largest absolute Gasteiger partial charge is 0.374 e. The molecule has 1 saturated carbocycles. The quantitative estimate of drug-likeness (QED) is 0.465. The van der Waals surface area contributed by atoms with Gasteiger partial charge in [0, 0.05) is 11.9 Å². The van der Waals surface area contributed by atoms with Crippen LogP contribution in [-0.2, 0) is 4.74 Å². The Morgan fingerprint density at radius 1 is 1.29 bits per heavy atom. The molecule has 1 nitrogen and oxygen atoms in total. The van der Waals surface area contributed by atoms with Crippen molar-refractivity contribution in [2.75, 3.05) is 11.9 Å². The molecular formula is C15H29BrO. The summed E-state index contributed by atoms with van der Waals surface area (Å²) < 4.78 is 6.22. The van der Waals surface area contributed by atoms with E-state index in [-0.39, 0.29) is 5.60 Å². The maximum absolute atomic E-state index is 6.22. The van der Waals surface area contributed by atoms with Crippen molar-refractivity contribution in [3.8, 4) is 0 Å². The summed E-state index contributed by atoms with van der Waals surface area (Å²) in [5.41, 5.74) is 0.155. The zero-order valence-corrected chi connectivity index (χ0v) is 13.4. The molecule has 1 aliphatic rings. The third kappa shape index (κ3) is 5.30. The van der Waals surface area contributed by atoms with Gasteiger partial charge < -0.3 is 4.74 Å². The molecule has 1 aliphatic carbocycles. The van der Waals surface area contributed by atoms with Gasteiger partial charge >= 0.3 is 0 Å². The first-order chi connectivity index (χ1) is 8.12. The molecule has 0 N–H and O–H groups in total. The molecule has 1 fully saturated rings. The van der Waals surface area contributed by atoms with Gasteiger partial charge in [-0.3, -0.25) is 0 Å². The van der Waals surface area contributed by atoms with E-state index >= 15 is 0 Å². The summed E-state index contributed by atoms with van der Waals surface area (Å²) >= 11 is 3.67. The normalized spacial score (nSPS) is 29.8. The third-order valence-corrected chi connectivity index (χ3v) is 5.19. The summed E-state index contributed by atoms with van der Waals surface area (Å²) in [5, 5.41) is 1.01. The van der Waals surface area contributed by atoms with Gasteiger partial charge in [0.1, 0.15) is 0 Å². The van der Waals surface area contributed by atoms with Crippen molar-refractivity contribution in [1.29, 1.82) is 0 Å². The Balaban J connectivity index is 2.27. The van der Waals surface area contributed by atoms with Crippen molar-refractivity contribution in [3.05, 3.63) is 0 Å². The third-order valence-electron chi connectivity index (χ3n) is 4.17. The maximum Gasteiger partial charge on any atom is 0.0779 e. The van der Waals surface area contributed by atoms with Crippen molar-refractivity contribution < 1.29 is 4.74 Å². The molecule has 17 heavy (non-hydrogen) atoms. The first kappa shape index (κ1) is 15.5. The molecular weight excluding hydrogens is 276 g/mol. The van der Waals surface area contributed by atoms with Crippen LogP contribution in [-0.4, -0.2) is 17.5 Å². The van der Waals surface area contributed by atoms with Gasteiger partial charge in [-0.15, -0.1) is 0 Å². The predicted octanol–water partition coefficient (Wildman–Crippen LogP) is 5.17. The molecule has 1 rings (SSSR count). The van der Waals surface area contributed by atoms with Crippen molar-refractivity contribution in [2.45, 2.75) is 71.3 Å². The monoisotopic (exact) mass is 304 g/mol. The standard InChI is InChI=1S/C15H29BrO/c1-4-14-7-9-15(12-16,10-8-14)17-11-5-6-13(2)3/h13-14H,4-12H2,1-3H3. The number of ether oxygens (including phenoxy) is 1. The first-order valence-corrected chi connectivity index (χ1v) is 8.44. The molecule has 2 heteroatoms. The predicted molar refractivity (Wildman–Crippen MR) is 78.8 cm³/mol. The zero-order valence-electron chi connectivity index (χ0n) is 11.8. The number of halogens is 1. The molecule has 0 atom stereocenters. The van der Waals surface area contributed by atoms with Crippen molar-refractivity contribution in [2.24, 2.45) is 11.8 Å². The molecule has 0 aliphatic heterocycles. The van der Waals surface area contributed by atoms with Gasteiger partial charge in [-0.2, -0.15) is 0 Å². The van der Waals surface area contributed by atoms with E-state index in [0.717, 1.165) is 23.8 Å².